The van der Waals surface area contributed by atoms with Gasteiger partial charge in [0.15, 0.2) is 0 Å². The van der Waals surface area contributed by atoms with E-state index < -0.39 is 10.7 Å². The van der Waals surface area contributed by atoms with Gasteiger partial charge in [0.25, 0.3) is 5.69 Å². The zero-order valence-corrected chi connectivity index (χ0v) is 23.9. The van der Waals surface area contributed by atoms with Crippen LogP contribution in [0.1, 0.15) is 5.56 Å². The summed E-state index contributed by atoms with van der Waals surface area (Å²) < 4.78 is 20.3. The molecule has 2 aliphatic heterocycles. The smallest absolute Gasteiger partial charge is 0.287 e. The second-order valence-electron chi connectivity index (χ2n) is 9.93. The summed E-state index contributed by atoms with van der Waals surface area (Å²) in [6.07, 6.45) is 4.00. The van der Waals surface area contributed by atoms with Crippen molar-refractivity contribution in [2.24, 2.45) is 0 Å². The van der Waals surface area contributed by atoms with Crippen molar-refractivity contribution in [3.63, 3.8) is 0 Å². The zero-order valence-electron chi connectivity index (χ0n) is 22.4. The molecule has 12 nitrogen and oxygen atoms in total. The van der Waals surface area contributed by atoms with Crippen molar-refractivity contribution in [1.82, 2.24) is 19.7 Å². The SMILES string of the molecule is O=[N+]([O-])c1ccc(N2CCN(c3ccc(OC[C@@H]4CO[C@@](Cn5cncn5)(c5ccc(Cl)cc5Cl)O4)cc3)CC2)nc1. The maximum Gasteiger partial charge on any atom is 0.287 e. The predicted octanol–water partition coefficient (Wildman–Crippen LogP) is 4.56. The topological polar surface area (TPSA) is 121 Å². The maximum atomic E-state index is 10.9. The Bertz CT molecular complexity index is 1520. The van der Waals surface area contributed by atoms with E-state index in [4.69, 9.17) is 37.4 Å². The molecule has 6 rings (SSSR count). The number of piperazine rings is 1. The summed E-state index contributed by atoms with van der Waals surface area (Å²) in [5.74, 6) is 0.291. The van der Waals surface area contributed by atoms with E-state index in [-0.39, 0.29) is 24.9 Å². The summed E-state index contributed by atoms with van der Waals surface area (Å²) in [5, 5.41) is 16.0. The zero-order chi connectivity index (χ0) is 29.1. The molecule has 0 radical (unpaired) electrons. The third kappa shape index (κ3) is 6.12. The molecule has 4 aromatic rings. The summed E-state index contributed by atoms with van der Waals surface area (Å²) >= 11 is 12.7. The van der Waals surface area contributed by atoms with Crippen LogP contribution in [0.3, 0.4) is 0 Å². The summed E-state index contributed by atoms with van der Waals surface area (Å²) in [5.41, 5.74) is 1.73. The first-order valence-electron chi connectivity index (χ1n) is 13.3. The molecule has 0 amide bonds. The standard InChI is InChI=1S/C28H27Cl2N7O5/c29-20-1-7-25(26(30)13-20)28(17-36-19-31-18-33-36)41-16-24(42-28)15-40-23-5-2-21(3-6-23)34-9-11-35(12-10-34)27-8-4-22(14-32-27)37(38)39/h1-8,13-14,18-19,24H,9-12,15-17H2/t24-,28-/m1/s1. The number of halogens is 2. The fourth-order valence-corrected chi connectivity index (χ4v) is 5.64. The highest BCUT2D eigenvalue weighted by Crippen LogP contribution is 2.40. The lowest BCUT2D eigenvalue weighted by molar-refractivity contribution is -0.385. The molecule has 2 aromatic carbocycles. The number of nitrogens with zero attached hydrogens (tertiary/aromatic N) is 7. The number of aromatic nitrogens is 4. The van der Waals surface area contributed by atoms with Gasteiger partial charge in [-0.05, 0) is 42.5 Å². The molecule has 42 heavy (non-hydrogen) atoms. The fraction of sp³-hybridized carbons (Fsp3) is 0.321. The lowest BCUT2D eigenvalue weighted by Crippen LogP contribution is -2.46. The number of rotatable bonds is 9. The van der Waals surface area contributed by atoms with Gasteiger partial charge in [0.1, 0.15) is 49.7 Å². The number of benzene rings is 2. The monoisotopic (exact) mass is 611 g/mol. The Morgan fingerprint density at radius 1 is 1.05 bits per heavy atom. The van der Waals surface area contributed by atoms with Crippen LogP contribution >= 0.6 is 23.2 Å². The Morgan fingerprint density at radius 2 is 1.83 bits per heavy atom. The van der Waals surface area contributed by atoms with Crippen molar-refractivity contribution in [1.29, 1.82) is 0 Å². The van der Waals surface area contributed by atoms with Gasteiger partial charge in [-0.25, -0.2) is 14.6 Å². The molecule has 14 heteroatoms. The largest absolute Gasteiger partial charge is 0.491 e. The van der Waals surface area contributed by atoms with E-state index in [1.54, 1.807) is 35.3 Å². The molecule has 0 bridgehead atoms. The Morgan fingerprint density at radius 3 is 2.50 bits per heavy atom. The minimum absolute atomic E-state index is 0.0104. The molecule has 0 aliphatic carbocycles. The van der Waals surface area contributed by atoms with Crippen LogP contribution in [0.2, 0.25) is 10.0 Å². The van der Waals surface area contributed by atoms with E-state index in [1.165, 1.54) is 18.6 Å². The maximum absolute atomic E-state index is 10.9. The Balaban J connectivity index is 1.04. The number of anilines is 2. The van der Waals surface area contributed by atoms with Gasteiger partial charge in [-0.15, -0.1) is 0 Å². The highest BCUT2D eigenvalue weighted by molar-refractivity contribution is 6.35. The molecule has 0 saturated carbocycles. The van der Waals surface area contributed by atoms with Gasteiger partial charge < -0.3 is 24.0 Å². The van der Waals surface area contributed by atoms with Crippen molar-refractivity contribution in [2.75, 3.05) is 49.2 Å². The van der Waals surface area contributed by atoms with Crippen LogP contribution in [0.4, 0.5) is 17.2 Å². The summed E-state index contributed by atoms with van der Waals surface area (Å²) in [4.78, 5) is 23.1. The van der Waals surface area contributed by atoms with E-state index in [9.17, 15) is 10.1 Å². The Hall–Kier alpha value is -3.97. The molecule has 0 N–H and O–H groups in total. The van der Waals surface area contributed by atoms with Crippen LogP contribution in [0.25, 0.3) is 0 Å². The predicted molar refractivity (Wildman–Crippen MR) is 156 cm³/mol. The molecule has 2 saturated heterocycles. The minimum atomic E-state index is -1.17. The minimum Gasteiger partial charge on any atom is -0.491 e. The Kier molecular flexibility index (Phi) is 8.11. The van der Waals surface area contributed by atoms with Gasteiger partial charge in [-0.2, -0.15) is 5.10 Å². The van der Waals surface area contributed by atoms with Gasteiger partial charge in [-0.3, -0.25) is 10.1 Å². The first-order chi connectivity index (χ1) is 20.4. The van der Waals surface area contributed by atoms with Gasteiger partial charge in [0.05, 0.1) is 16.6 Å². The average molecular weight is 612 g/mol. The summed E-state index contributed by atoms with van der Waals surface area (Å²) in [6, 6.07) is 16.3. The van der Waals surface area contributed by atoms with E-state index in [1.807, 2.05) is 24.3 Å². The van der Waals surface area contributed by atoms with Gasteiger partial charge >= 0.3 is 0 Å². The molecule has 0 spiro atoms. The highest BCUT2D eigenvalue weighted by Gasteiger charge is 2.45. The third-order valence-corrected chi connectivity index (χ3v) is 7.77. The van der Waals surface area contributed by atoms with Crippen molar-refractivity contribution < 1.29 is 19.1 Å². The quantitative estimate of drug-likeness (QED) is 0.197. The number of ether oxygens (including phenoxy) is 3. The van der Waals surface area contributed by atoms with Crippen LogP contribution in [0, 0.1) is 10.1 Å². The van der Waals surface area contributed by atoms with Crippen LogP contribution in [-0.2, 0) is 21.8 Å². The van der Waals surface area contributed by atoms with Crippen molar-refractivity contribution in [3.05, 3.63) is 99.2 Å². The van der Waals surface area contributed by atoms with Crippen molar-refractivity contribution in [2.45, 2.75) is 18.4 Å². The van der Waals surface area contributed by atoms with E-state index in [2.05, 4.69) is 24.9 Å². The van der Waals surface area contributed by atoms with Crippen LogP contribution in [0.15, 0.2) is 73.4 Å². The van der Waals surface area contributed by atoms with Gasteiger partial charge in [-0.1, -0.05) is 29.3 Å². The lowest BCUT2D eigenvalue weighted by Gasteiger charge is -2.36. The van der Waals surface area contributed by atoms with Crippen LogP contribution in [-0.4, -0.2) is 70.2 Å². The first-order valence-corrected chi connectivity index (χ1v) is 14.1. The Labute approximate surface area is 251 Å². The molecule has 0 unspecified atom stereocenters. The molecule has 2 fully saturated rings. The van der Waals surface area contributed by atoms with E-state index in [0.717, 1.165) is 43.4 Å². The molecule has 218 valence electrons. The number of hydrogen-bond donors (Lipinski definition) is 0. The molecule has 2 aromatic heterocycles. The molecule has 2 aliphatic rings. The molecular formula is C28H27Cl2N7O5. The highest BCUT2D eigenvalue weighted by atomic mass is 35.5. The van der Waals surface area contributed by atoms with E-state index in [0.29, 0.717) is 22.2 Å². The summed E-state index contributed by atoms with van der Waals surface area (Å²) in [7, 11) is 0. The average Bonchev–Trinajstić information content (AvgIpc) is 3.67. The van der Waals surface area contributed by atoms with Crippen LogP contribution < -0.4 is 14.5 Å². The van der Waals surface area contributed by atoms with Crippen molar-refractivity contribution >= 4 is 40.4 Å². The summed E-state index contributed by atoms with van der Waals surface area (Å²) in [6.45, 7) is 3.96. The molecule has 4 heterocycles. The molecular weight excluding hydrogens is 585 g/mol. The van der Waals surface area contributed by atoms with Gasteiger partial charge in [0, 0.05) is 48.5 Å². The second-order valence-corrected chi connectivity index (χ2v) is 10.8. The number of nitro groups is 1. The third-order valence-electron chi connectivity index (χ3n) is 7.22. The van der Waals surface area contributed by atoms with E-state index >= 15 is 0 Å². The fourth-order valence-electron chi connectivity index (χ4n) is 5.09. The normalized spacial score (nSPS) is 20.6. The van der Waals surface area contributed by atoms with Crippen LogP contribution in [0.5, 0.6) is 5.75 Å². The number of pyridine rings is 1. The van der Waals surface area contributed by atoms with Crippen molar-refractivity contribution in [3.8, 4) is 5.75 Å². The second kappa shape index (κ2) is 12.1. The lowest BCUT2D eigenvalue weighted by atomic mass is 10.1. The first kappa shape index (κ1) is 28.2. The van der Waals surface area contributed by atoms with Gasteiger partial charge in [0.2, 0.25) is 5.79 Å². The molecule has 2 atom stereocenters. The number of hydrogen-bond acceptors (Lipinski definition) is 10.